The standard InChI is InChI=1S/C15H22ClNO/c16-8-9-3-5-17(6-4-9)15(18)14-12-10-1-2-11(7-10)13(12)14/h9-14H,1-8H2. The molecule has 3 heteroatoms. The molecule has 1 aliphatic heterocycles. The molecule has 4 aliphatic rings. The lowest BCUT2D eigenvalue weighted by molar-refractivity contribution is -0.135. The van der Waals surface area contributed by atoms with Gasteiger partial charge in [-0.3, -0.25) is 4.79 Å². The third-order valence-corrected chi connectivity index (χ3v) is 6.60. The van der Waals surface area contributed by atoms with Crippen molar-refractivity contribution in [1.29, 1.82) is 0 Å². The van der Waals surface area contributed by atoms with Gasteiger partial charge in [0.05, 0.1) is 0 Å². The second-order valence-electron chi connectivity index (χ2n) is 6.94. The van der Waals surface area contributed by atoms with Gasteiger partial charge in [-0.2, -0.15) is 0 Å². The predicted octanol–water partition coefficient (Wildman–Crippen LogP) is 2.76. The van der Waals surface area contributed by atoms with Crippen LogP contribution in [0.3, 0.4) is 0 Å². The molecule has 1 heterocycles. The van der Waals surface area contributed by atoms with Crippen LogP contribution in [0, 0.1) is 35.5 Å². The largest absolute Gasteiger partial charge is 0.342 e. The summed E-state index contributed by atoms with van der Waals surface area (Å²) in [6, 6.07) is 0. The average Bonchev–Trinajstić information content (AvgIpc) is 2.85. The molecule has 100 valence electrons. The maximum Gasteiger partial charge on any atom is 0.226 e. The van der Waals surface area contributed by atoms with Gasteiger partial charge in [-0.1, -0.05) is 0 Å². The molecule has 0 spiro atoms. The van der Waals surface area contributed by atoms with Crippen molar-refractivity contribution >= 4 is 17.5 Å². The van der Waals surface area contributed by atoms with E-state index in [0.29, 0.717) is 17.7 Å². The molecule has 0 radical (unpaired) electrons. The van der Waals surface area contributed by atoms with Crippen molar-refractivity contribution in [3.05, 3.63) is 0 Å². The maximum absolute atomic E-state index is 12.6. The fourth-order valence-electron chi connectivity index (χ4n) is 5.17. The molecule has 2 nitrogen and oxygen atoms in total. The summed E-state index contributed by atoms with van der Waals surface area (Å²) in [5, 5.41) is 0. The molecule has 0 aromatic rings. The van der Waals surface area contributed by atoms with Crippen LogP contribution in [0.1, 0.15) is 32.1 Å². The van der Waals surface area contributed by atoms with Gasteiger partial charge in [-0.15, -0.1) is 11.6 Å². The van der Waals surface area contributed by atoms with Crippen LogP contribution < -0.4 is 0 Å². The predicted molar refractivity (Wildman–Crippen MR) is 71.3 cm³/mol. The summed E-state index contributed by atoms with van der Waals surface area (Å²) < 4.78 is 0. The van der Waals surface area contributed by atoms with Crippen molar-refractivity contribution in [2.24, 2.45) is 35.5 Å². The highest BCUT2D eigenvalue weighted by molar-refractivity contribution is 6.18. The van der Waals surface area contributed by atoms with Gasteiger partial charge < -0.3 is 4.90 Å². The van der Waals surface area contributed by atoms with Crippen molar-refractivity contribution in [3.8, 4) is 0 Å². The highest BCUT2D eigenvalue weighted by Gasteiger charge is 2.67. The van der Waals surface area contributed by atoms with Crippen molar-refractivity contribution in [3.63, 3.8) is 0 Å². The number of alkyl halides is 1. The van der Waals surface area contributed by atoms with E-state index in [-0.39, 0.29) is 0 Å². The number of amides is 1. The van der Waals surface area contributed by atoms with Crippen LogP contribution in [0.25, 0.3) is 0 Å². The summed E-state index contributed by atoms with van der Waals surface area (Å²) in [5.41, 5.74) is 0. The van der Waals surface area contributed by atoms with E-state index < -0.39 is 0 Å². The zero-order valence-corrected chi connectivity index (χ0v) is 11.6. The summed E-state index contributed by atoms with van der Waals surface area (Å²) in [5.74, 6) is 5.75. The lowest BCUT2D eigenvalue weighted by Crippen LogP contribution is -2.40. The van der Waals surface area contributed by atoms with Crippen LogP contribution in [-0.4, -0.2) is 29.8 Å². The molecular weight excluding hydrogens is 246 g/mol. The van der Waals surface area contributed by atoms with Gasteiger partial charge in [0.15, 0.2) is 0 Å². The quantitative estimate of drug-likeness (QED) is 0.705. The van der Waals surface area contributed by atoms with Gasteiger partial charge in [-0.05, 0) is 61.7 Å². The Morgan fingerprint density at radius 3 is 2.22 bits per heavy atom. The molecule has 4 atom stereocenters. The Labute approximate surface area is 114 Å². The van der Waals surface area contributed by atoms with Crippen molar-refractivity contribution < 1.29 is 4.79 Å². The van der Waals surface area contributed by atoms with Gasteiger partial charge in [0.25, 0.3) is 0 Å². The SMILES string of the molecule is O=C(C1C2C3CCC(C3)C12)N1CCC(CCl)CC1. The normalized spacial score (nSPS) is 46.3. The molecule has 0 N–H and O–H groups in total. The minimum absolute atomic E-state index is 0.434. The van der Waals surface area contributed by atoms with Crippen LogP contribution in [0.5, 0.6) is 0 Å². The molecule has 4 unspecified atom stereocenters. The molecule has 0 aromatic carbocycles. The van der Waals surface area contributed by atoms with E-state index in [1.165, 1.54) is 19.3 Å². The summed E-state index contributed by atoms with van der Waals surface area (Å²) in [7, 11) is 0. The van der Waals surface area contributed by atoms with Crippen molar-refractivity contribution in [2.45, 2.75) is 32.1 Å². The molecule has 3 aliphatic carbocycles. The first kappa shape index (κ1) is 11.6. The Balaban J connectivity index is 1.38. The number of carbonyl (C=O) groups excluding carboxylic acids is 1. The Morgan fingerprint density at radius 2 is 1.67 bits per heavy atom. The zero-order valence-electron chi connectivity index (χ0n) is 10.9. The summed E-state index contributed by atoms with van der Waals surface area (Å²) in [6.07, 6.45) is 6.48. The molecule has 0 aromatic heterocycles. The molecule has 4 fully saturated rings. The number of piperidine rings is 1. The van der Waals surface area contributed by atoms with Crippen molar-refractivity contribution in [1.82, 2.24) is 4.90 Å². The Morgan fingerprint density at radius 1 is 1.06 bits per heavy atom. The van der Waals surface area contributed by atoms with Gasteiger partial charge in [0.2, 0.25) is 5.91 Å². The van der Waals surface area contributed by atoms with E-state index in [4.69, 9.17) is 11.6 Å². The number of halogens is 1. The third-order valence-electron chi connectivity index (χ3n) is 6.16. The number of hydrogen-bond donors (Lipinski definition) is 0. The number of hydrogen-bond acceptors (Lipinski definition) is 1. The first-order chi connectivity index (χ1) is 8.79. The van der Waals surface area contributed by atoms with Gasteiger partial charge in [-0.25, -0.2) is 0 Å². The monoisotopic (exact) mass is 267 g/mol. The van der Waals surface area contributed by atoms with Crippen molar-refractivity contribution in [2.75, 3.05) is 19.0 Å². The van der Waals surface area contributed by atoms with Gasteiger partial charge >= 0.3 is 0 Å². The fourth-order valence-corrected chi connectivity index (χ4v) is 5.48. The third kappa shape index (κ3) is 1.57. The minimum atomic E-state index is 0.434. The van der Waals surface area contributed by atoms with E-state index >= 15 is 0 Å². The number of rotatable bonds is 2. The van der Waals surface area contributed by atoms with Crippen LogP contribution >= 0.6 is 11.6 Å². The maximum atomic E-state index is 12.6. The van der Waals surface area contributed by atoms with Gasteiger partial charge in [0.1, 0.15) is 0 Å². The van der Waals surface area contributed by atoms with E-state index in [0.717, 1.165) is 55.5 Å². The molecule has 3 saturated carbocycles. The van der Waals surface area contributed by atoms with E-state index in [2.05, 4.69) is 4.90 Å². The zero-order chi connectivity index (χ0) is 12.3. The highest BCUT2D eigenvalue weighted by Crippen LogP contribution is 2.69. The molecule has 2 bridgehead atoms. The van der Waals surface area contributed by atoms with E-state index in [1.807, 2.05) is 0 Å². The van der Waals surface area contributed by atoms with Crippen LogP contribution in [0.4, 0.5) is 0 Å². The topological polar surface area (TPSA) is 20.3 Å². The second-order valence-corrected chi connectivity index (χ2v) is 7.25. The number of likely N-dealkylation sites (tertiary alicyclic amines) is 1. The number of fused-ring (bicyclic) bond motifs is 5. The smallest absolute Gasteiger partial charge is 0.226 e. The van der Waals surface area contributed by atoms with Crippen LogP contribution in [0.2, 0.25) is 0 Å². The van der Waals surface area contributed by atoms with E-state index in [9.17, 15) is 4.79 Å². The molecule has 1 amide bonds. The molecule has 4 rings (SSSR count). The summed E-state index contributed by atoms with van der Waals surface area (Å²) in [6.45, 7) is 1.92. The first-order valence-electron chi connectivity index (χ1n) is 7.64. The fraction of sp³-hybridized carbons (Fsp3) is 0.933. The molecule has 18 heavy (non-hydrogen) atoms. The van der Waals surface area contributed by atoms with Crippen LogP contribution in [0.15, 0.2) is 0 Å². The second kappa shape index (κ2) is 4.13. The van der Waals surface area contributed by atoms with E-state index in [1.54, 1.807) is 0 Å². The molecule has 1 saturated heterocycles. The number of nitrogens with zero attached hydrogens (tertiary/aromatic N) is 1. The first-order valence-corrected chi connectivity index (χ1v) is 8.18. The average molecular weight is 268 g/mol. The minimum Gasteiger partial charge on any atom is -0.342 e. The lowest BCUT2D eigenvalue weighted by Gasteiger charge is -2.31. The Hall–Kier alpha value is -0.240. The van der Waals surface area contributed by atoms with Gasteiger partial charge in [0, 0.05) is 24.9 Å². The summed E-state index contributed by atoms with van der Waals surface area (Å²) >= 11 is 5.90. The number of carbonyl (C=O) groups is 1. The Bertz CT molecular complexity index is 348. The lowest BCUT2D eigenvalue weighted by atomic mass is 9.97. The highest BCUT2D eigenvalue weighted by atomic mass is 35.5. The molecular formula is C15H22ClNO. The summed E-state index contributed by atoms with van der Waals surface area (Å²) in [4.78, 5) is 14.7. The Kier molecular flexibility index (Phi) is 2.65. The van der Waals surface area contributed by atoms with Crippen LogP contribution in [-0.2, 0) is 4.79 Å².